The molecule has 2 aromatic heterocycles. The summed E-state index contributed by atoms with van der Waals surface area (Å²) in [4.78, 5) is 9.17. The number of para-hydroxylation sites is 1. The van der Waals surface area contributed by atoms with Crippen LogP contribution in [0.25, 0.3) is 38.8 Å². The number of hydrogen-bond donors (Lipinski definition) is 0. The first-order valence-electron chi connectivity index (χ1n) is 20.8. The molecule has 0 bridgehead atoms. The predicted octanol–water partition coefficient (Wildman–Crippen LogP) is 14.1. The van der Waals surface area contributed by atoms with Crippen LogP contribution in [0.2, 0.25) is 0 Å². The van der Waals surface area contributed by atoms with Gasteiger partial charge in [0.25, 0.3) is 0 Å². The van der Waals surface area contributed by atoms with Gasteiger partial charge in [-0.05, 0) is 86.8 Å². The summed E-state index contributed by atoms with van der Waals surface area (Å²) in [5.74, 6) is 2.10. The van der Waals surface area contributed by atoms with Gasteiger partial charge in [-0.1, -0.05) is 146 Å². The molecule has 310 valence electrons. The van der Waals surface area contributed by atoms with Gasteiger partial charge in [-0.15, -0.1) is 53.6 Å². The van der Waals surface area contributed by atoms with Gasteiger partial charge >= 0.3 is 0 Å². The van der Waals surface area contributed by atoms with Crippen molar-refractivity contribution in [1.29, 1.82) is 0 Å². The number of aromatic nitrogens is 2. The van der Waals surface area contributed by atoms with E-state index in [0.717, 1.165) is 44.6 Å². The molecule has 0 atom stereocenters. The first kappa shape index (κ1) is 41.8. The van der Waals surface area contributed by atoms with E-state index >= 15 is 0 Å². The summed E-state index contributed by atoms with van der Waals surface area (Å²) >= 11 is 0. The maximum Gasteiger partial charge on any atom is 0.135 e. The number of benzene rings is 6. The summed E-state index contributed by atoms with van der Waals surface area (Å²) in [7, 11) is 0. The van der Waals surface area contributed by atoms with E-state index in [1.54, 1.807) is 0 Å². The largest absolute Gasteiger partial charge is 0.509 e. The van der Waals surface area contributed by atoms with Crippen molar-refractivity contribution < 1.29 is 25.8 Å². The molecule has 8 aromatic rings. The van der Waals surface area contributed by atoms with Crippen molar-refractivity contribution in [2.75, 3.05) is 9.80 Å². The number of anilines is 2. The second-order valence-electron chi connectivity index (χ2n) is 18.4. The van der Waals surface area contributed by atoms with Gasteiger partial charge in [0.05, 0.1) is 0 Å². The Morgan fingerprint density at radius 1 is 0.541 bits per heavy atom. The minimum atomic E-state index is -0.216. The summed E-state index contributed by atoms with van der Waals surface area (Å²) < 4.78 is 8.94. The standard InChI is InChI=1S/C55H51N4O.Pt/c1-53(2,3)41-25-26-56-52(34-41)59-50-22-16-15-21-48(50)49-24-23-46(36-51(49)59)60-47-33-42(54(4,5)6)31-45(35-47)58-28-27-57(37-58)44-30-39(38-17-11-9-12-18-38)29-43(32-44)55(7,8)40-19-13-10-14-20-40;/h9-34,37H,1-8H3;/q-3;. The Morgan fingerprint density at radius 2 is 1.23 bits per heavy atom. The van der Waals surface area contributed by atoms with Crippen LogP contribution in [0.15, 0.2) is 158 Å². The average Bonchev–Trinajstić information content (AvgIpc) is 3.87. The molecule has 9 rings (SSSR count). The minimum Gasteiger partial charge on any atom is -0.509 e. The molecule has 6 heteroatoms. The van der Waals surface area contributed by atoms with Gasteiger partial charge in [0, 0.05) is 55.4 Å². The predicted molar refractivity (Wildman–Crippen MR) is 249 cm³/mol. The molecule has 5 nitrogen and oxygen atoms in total. The van der Waals surface area contributed by atoms with Gasteiger partial charge in [-0.2, -0.15) is 6.07 Å². The zero-order chi connectivity index (χ0) is 41.8. The summed E-state index contributed by atoms with van der Waals surface area (Å²) in [6, 6.07) is 56.8. The molecule has 1 aliphatic rings. The number of pyridine rings is 1. The summed E-state index contributed by atoms with van der Waals surface area (Å²) in [5, 5.41) is 2.24. The molecule has 0 fully saturated rings. The fourth-order valence-corrected chi connectivity index (χ4v) is 8.04. The minimum absolute atomic E-state index is 0. The van der Waals surface area contributed by atoms with Crippen LogP contribution in [-0.4, -0.2) is 9.55 Å². The third-order valence-electron chi connectivity index (χ3n) is 11.8. The monoisotopic (exact) mass is 978 g/mol. The van der Waals surface area contributed by atoms with E-state index in [1.807, 2.05) is 12.3 Å². The van der Waals surface area contributed by atoms with E-state index in [4.69, 9.17) is 9.72 Å². The van der Waals surface area contributed by atoms with E-state index < -0.39 is 0 Å². The molecule has 0 aliphatic carbocycles. The molecule has 1 aliphatic heterocycles. The van der Waals surface area contributed by atoms with E-state index in [-0.39, 0.29) is 37.3 Å². The Hall–Kier alpha value is -5.90. The molecule has 0 N–H and O–H groups in total. The number of fused-ring (bicyclic) bond motifs is 3. The second kappa shape index (κ2) is 16.2. The van der Waals surface area contributed by atoms with Gasteiger partial charge in [-0.3, -0.25) is 0 Å². The van der Waals surface area contributed by atoms with E-state index in [1.165, 1.54) is 27.8 Å². The zero-order valence-electron chi connectivity index (χ0n) is 36.1. The Morgan fingerprint density at radius 3 is 1.97 bits per heavy atom. The van der Waals surface area contributed by atoms with E-state index in [2.05, 4.69) is 234 Å². The molecular weight excluding hydrogens is 928 g/mol. The van der Waals surface area contributed by atoms with Gasteiger partial charge in [0.15, 0.2) is 0 Å². The van der Waals surface area contributed by atoms with Crippen molar-refractivity contribution in [3.63, 3.8) is 0 Å². The van der Waals surface area contributed by atoms with E-state index in [9.17, 15) is 0 Å². The molecule has 0 amide bonds. The first-order valence-corrected chi connectivity index (χ1v) is 20.8. The number of rotatable bonds is 8. The Bertz CT molecular complexity index is 2880. The molecule has 6 aromatic carbocycles. The maximum absolute atomic E-state index is 6.74. The Kier molecular flexibility index (Phi) is 11.1. The summed E-state index contributed by atoms with van der Waals surface area (Å²) in [6.07, 6.45) is 6.11. The van der Waals surface area contributed by atoms with Crippen molar-refractivity contribution >= 4 is 33.2 Å². The normalized spacial score (nSPS) is 13.2. The second-order valence-corrected chi connectivity index (χ2v) is 18.4. The molecule has 61 heavy (non-hydrogen) atoms. The Labute approximate surface area is 375 Å². The van der Waals surface area contributed by atoms with Crippen molar-refractivity contribution in [2.45, 2.75) is 71.6 Å². The van der Waals surface area contributed by atoms with Crippen LogP contribution in [0.3, 0.4) is 0 Å². The maximum atomic E-state index is 6.74. The Balaban J connectivity index is 0.00000514. The SMILES string of the molecule is CC(C)(C)c1cc(Oc2[c-]c3c(cc2)c2ccccc2n3-c2cc(C(C)(C)C)ccn2)[c-]c(N2C=CN(c3cc(-c4ccccc4)cc(C(C)(C)c4ccccc4)c3)[CH-]2)c1.[Pt]. The number of hydrogen-bond acceptors (Lipinski definition) is 4. The van der Waals surface area contributed by atoms with E-state index in [0.29, 0.717) is 11.5 Å². The van der Waals surface area contributed by atoms with Crippen LogP contribution in [0.4, 0.5) is 11.4 Å². The molecule has 0 radical (unpaired) electrons. The van der Waals surface area contributed by atoms with Crippen molar-refractivity contribution in [2.24, 2.45) is 0 Å². The van der Waals surface area contributed by atoms with Crippen molar-refractivity contribution in [3.8, 4) is 28.4 Å². The van der Waals surface area contributed by atoms with Crippen LogP contribution in [-0.2, 0) is 37.3 Å². The molecule has 0 spiro atoms. The van der Waals surface area contributed by atoms with Crippen LogP contribution in [0.5, 0.6) is 11.5 Å². The fraction of sp³-hybridized carbons (Fsp3) is 0.200. The quantitative estimate of drug-likeness (QED) is 0.142. The molecule has 0 saturated heterocycles. The summed E-state index contributed by atoms with van der Waals surface area (Å²) in [5.41, 5.74) is 10.8. The summed E-state index contributed by atoms with van der Waals surface area (Å²) in [6.45, 7) is 20.1. The molecule has 3 heterocycles. The number of ether oxygens (including phenoxy) is 1. The third kappa shape index (κ3) is 8.29. The number of nitrogens with zero attached hydrogens (tertiary/aromatic N) is 4. The molecular formula is C55H51N4OPt-3. The molecule has 0 unspecified atom stereocenters. The van der Waals surface area contributed by atoms with Gasteiger partial charge < -0.3 is 19.1 Å². The average molecular weight is 979 g/mol. The van der Waals surface area contributed by atoms with Gasteiger partial charge in [0.1, 0.15) is 5.82 Å². The van der Waals surface area contributed by atoms with Gasteiger partial charge in [-0.25, -0.2) is 4.98 Å². The molecule has 0 saturated carbocycles. The van der Waals surface area contributed by atoms with Crippen LogP contribution in [0.1, 0.15) is 77.6 Å². The zero-order valence-corrected chi connectivity index (χ0v) is 38.4. The van der Waals surface area contributed by atoms with Crippen LogP contribution < -0.4 is 14.5 Å². The van der Waals surface area contributed by atoms with Crippen molar-refractivity contribution in [1.82, 2.24) is 9.55 Å². The third-order valence-corrected chi connectivity index (χ3v) is 11.8. The smallest absolute Gasteiger partial charge is 0.135 e. The van der Waals surface area contributed by atoms with Gasteiger partial charge in [0.2, 0.25) is 0 Å². The van der Waals surface area contributed by atoms with Crippen LogP contribution in [0, 0.1) is 18.8 Å². The first-order chi connectivity index (χ1) is 28.7. The van der Waals surface area contributed by atoms with Crippen LogP contribution >= 0.6 is 0 Å². The fourth-order valence-electron chi connectivity index (χ4n) is 8.04. The topological polar surface area (TPSA) is 33.5 Å². The van der Waals surface area contributed by atoms with Crippen molar-refractivity contribution in [3.05, 3.63) is 199 Å².